The second kappa shape index (κ2) is 3.54. The summed E-state index contributed by atoms with van der Waals surface area (Å²) in [5, 5.41) is 0. The van der Waals surface area contributed by atoms with Crippen LogP contribution >= 0.6 is 0 Å². The molecule has 1 heterocycles. The number of hydrogen-bond acceptors (Lipinski definition) is 2. The van der Waals surface area contributed by atoms with Crippen LogP contribution in [0.25, 0.3) is 0 Å². The summed E-state index contributed by atoms with van der Waals surface area (Å²) in [7, 11) is 1.58. The van der Waals surface area contributed by atoms with Crippen molar-refractivity contribution >= 4 is 11.6 Å². The maximum Gasteiger partial charge on any atom is 0.254 e. The lowest BCUT2D eigenvalue weighted by Crippen LogP contribution is -2.25. The van der Waals surface area contributed by atoms with Crippen molar-refractivity contribution in [2.75, 3.05) is 18.6 Å². The molecule has 0 aromatic heterocycles. The topological polar surface area (TPSA) is 29.5 Å². The molecule has 3 nitrogen and oxygen atoms in total. The molecule has 0 unspecified atom stereocenters. The van der Waals surface area contributed by atoms with Gasteiger partial charge in [0.15, 0.2) is 0 Å². The van der Waals surface area contributed by atoms with Gasteiger partial charge >= 0.3 is 0 Å². The Morgan fingerprint density at radius 1 is 1.29 bits per heavy atom. The molecule has 0 atom stereocenters. The van der Waals surface area contributed by atoms with E-state index >= 15 is 0 Å². The van der Waals surface area contributed by atoms with Gasteiger partial charge in [-0.2, -0.15) is 0 Å². The molecular weight excluding hydrogens is 178 g/mol. The Morgan fingerprint density at radius 2 is 2.00 bits per heavy atom. The van der Waals surface area contributed by atoms with Gasteiger partial charge in [0.2, 0.25) is 0 Å². The van der Waals surface area contributed by atoms with Crippen molar-refractivity contribution in [3.05, 3.63) is 42.2 Å². The van der Waals surface area contributed by atoms with E-state index in [1.807, 2.05) is 30.3 Å². The van der Waals surface area contributed by atoms with E-state index in [1.54, 1.807) is 12.0 Å². The number of anilines is 1. The van der Waals surface area contributed by atoms with Crippen molar-refractivity contribution in [3.8, 4) is 0 Å². The fourth-order valence-corrected chi connectivity index (χ4v) is 1.44. The fourth-order valence-electron chi connectivity index (χ4n) is 1.44. The lowest BCUT2D eigenvalue weighted by molar-refractivity contribution is -0.113. The lowest BCUT2D eigenvalue weighted by Gasteiger charge is -2.15. The van der Waals surface area contributed by atoms with Crippen molar-refractivity contribution in [1.82, 2.24) is 0 Å². The predicted molar refractivity (Wildman–Crippen MR) is 53.9 cm³/mol. The molecule has 0 bridgehead atoms. The first-order valence-electron chi connectivity index (χ1n) is 4.42. The zero-order chi connectivity index (χ0) is 9.97. The highest BCUT2D eigenvalue weighted by atomic mass is 16.5. The van der Waals surface area contributed by atoms with Gasteiger partial charge in [-0.15, -0.1) is 0 Å². The summed E-state index contributed by atoms with van der Waals surface area (Å²) < 4.78 is 5.03. The normalized spacial score (nSPS) is 15.6. The first-order chi connectivity index (χ1) is 6.81. The summed E-state index contributed by atoms with van der Waals surface area (Å²) in [5.41, 5.74) is 0.904. The average Bonchev–Trinajstić information content (AvgIpc) is 2.61. The van der Waals surface area contributed by atoms with Gasteiger partial charge in [-0.25, -0.2) is 0 Å². The molecule has 1 aromatic rings. The molecule has 3 heteroatoms. The number of ether oxygens (including phenoxy) is 1. The molecular formula is C11H11NO2. The van der Waals surface area contributed by atoms with Gasteiger partial charge in [0.25, 0.3) is 5.91 Å². The number of para-hydroxylation sites is 1. The number of benzene rings is 1. The SMILES string of the molecule is COC1=CC(=O)N(c2ccccc2)C1. The van der Waals surface area contributed by atoms with Crippen LogP contribution < -0.4 is 4.90 Å². The molecule has 2 rings (SSSR count). The van der Waals surface area contributed by atoms with Gasteiger partial charge in [-0.05, 0) is 12.1 Å². The van der Waals surface area contributed by atoms with Crippen molar-refractivity contribution in [2.45, 2.75) is 0 Å². The van der Waals surface area contributed by atoms with Crippen LogP contribution in [0.3, 0.4) is 0 Å². The first-order valence-corrected chi connectivity index (χ1v) is 4.42. The minimum Gasteiger partial charge on any atom is -0.499 e. The van der Waals surface area contributed by atoms with Crippen LogP contribution in [0.5, 0.6) is 0 Å². The molecule has 0 aliphatic carbocycles. The zero-order valence-corrected chi connectivity index (χ0v) is 7.93. The minimum absolute atomic E-state index is 0.0203. The fraction of sp³-hybridized carbons (Fsp3) is 0.182. The van der Waals surface area contributed by atoms with Crippen LogP contribution in [-0.4, -0.2) is 19.6 Å². The third-order valence-electron chi connectivity index (χ3n) is 2.19. The number of hydrogen-bond donors (Lipinski definition) is 0. The van der Waals surface area contributed by atoms with Crippen molar-refractivity contribution in [2.24, 2.45) is 0 Å². The molecule has 0 fully saturated rings. The largest absolute Gasteiger partial charge is 0.499 e. The molecule has 14 heavy (non-hydrogen) atoms. The van der Waals surface area contributed by atoms with Crippen LogP contribution in [-0.2, 0) is 9.53 Å². The maximum absolute atomic E-state index is 11.5. The van der Waals surface area contributed by atoms with Crippen molar-refractivity contribution in [3.63, 3.8) is 0 Å². The highest BCUT2D eigenvalue weighted by Gasteiger charge is 2.22. The standard InChI is InChI=1S/C11H11NO2/c1-14-10-7-11(13)12(8-10)9-5-3-2-4-6-9/h2-7H,8H2,1H3. The average molecular weight is 189 g/mol. The molecule has 0 radical (unpaired) electrons. The second-order valence-corrected chi connectivity index (χ2v) is 3.07. The third kappa shape index (κ3) is 1.48. The number of rotatable bonds is 2. The zero-order valence-electron chi connectivity index (χ0n) is 7.93. The van der Waals surface area contributed by atoms with E-state index in [-0.39, 0.29) is 5.91 Å². The number of methoxy groups -OCH3 is 1. The van der Waals surface area contributed by atoms with Crippen LogP contribution in [0.2, 0.25) is 0 Å². The summed E-state index contributed by atoms with van der Waals surface area (Å²) >= 11 is 0. The minimum atomic E-state index is -0.0203. The lowest BCUT2D eigenvalue weighted by atomic mass is 10.3. The molecule has 1 amide bonds. The summed E-state index contributed by atoms with van der Waals surface area (Å²) in [4.78, 5) is 13.2. The molecule has 72 valence electrons. The molecule has 1 aliphatic rings. The molecule has 0 spiro atoms. The van der Waals surface area contributed by atoms with E-state index in [1.165, 1.54) is 6.08 Å². The highest BCUT2D eigenvalue weighted by molar-refractivity contribution is 6.04. The van der Waals surface area contributed by atoms with E-state index in [2.05, 4.69) is 0 Å². The van der Waals surface area contributed by atoms with Crippen LogP contribution in [0.1, 0.15) is 0 Å². The first kappa shape index (κ1) is 8.81. The van der Waals surface area contributed by atoms with Crippen LogP contribution in [0, 0.1) is 0 Å². The summed E-state index contributed by atoms with van der Waals surface area (Å²) in [5.74, 6) is 0.687. The van der Waals surface area contributed by atoms with E-state index < -0.39 is 0 Å². The quantitative estimate of drug-likeness (QED) is 0.706. The smallest absolute Gasteiger partial charge is 0.254 e. The van der Waals surface area contributed by atoms with E-state index in [0.717, 1.165) is 5.69 Å². The Balaban J connectivity index is 2.21. The Kier molecular flexibility index (Phi) is 2.23. The van der Waals surface area contributed by atoms with Crippen LogP contribution in [0.4, 0.5) is 5.69 Å². The second-order valence-electron chi connectivity index (χ2n) is 3.07. The maximum atomic E-state index is 11.5. The van der Waals surface area contributed by atoms with Gasteiger partial charge in [0.05, 0.1) is 13.7 Å². The number of nitrogens with zero attached hydrogens (tertiary/aromatic N) is 1. The highest BCUT2D eigenvalue weighted by Crippen LogP contribution is 2.20. The summed E-state index contributed by atoms with van der Waals surface area (Å²) in [6.45, 7) is 0.527. The molecule has 1 aromatic carbocycles. The van der Waals surface area contributed by atoms with Gasteiger partial charge < -0.3 is 9.64 Å². The molecule has 0 saturated heterocycles. The summed E-state index contributed by atoms with van der Waals surface area (Å²) in [6.07, 6.45) is 1.52. The Morgan fingerprint density at radius 3 is 2.57 bits per heavy atom. The monoisotopic (exact) mass is 189 g/mol. The molecule has 1 aliphatic heterocycles. The van der Waals surface area contributed by atoms with E-state index in [4.69, 9.17) is 4.74 Å². The van der Waals surface area contributed by atoms with Gasteiger partial charge in [0, 0.05) is 11.8 Å². The number of carbonyl (C=O) groups is 1. The van der Waals surface area contributed by atoms with Gasteiger partial charge in [-0.1, -0.05) is 18.2 Å². The Hall–Kier alpha value is -1.77. The Labute approximate surface area is 82.6 Å². The van der Waals surface area contributed by atoms with E-state index in [9.17, 15) is 4.79 Å². The van der Waals surface area contributed by atoms with Crippen molar-refractivity contribution in [1.29, 1.82) is 0 Å². The molecule has 0 saturated carbocycles. The van der Waals surface area contributed by atoms with Gasteiger partial charge in [0.1, 0.15) is 5.76 Å². The van der Waals surface area contributed by atoms with Crippen LogP contribution in [0.15, 0.2) is 42.2 Å². The number of carbonyl (C=O) groups excluding carboxylic acids is 1. The predicted octanol–water partition coefficient (Wildman–Crippen LogP) is 1.56. The van der Waals surface area contributed by atoms with Gasteiger partial charge in [-0.3, -0.25) is 4.79 Å². The Bertz CT molecular complexity index is 370. The number of amides is 1. The van der Waals surface area contributed by atoms with Crippen molar-refractivity contribution < 1.29 is 9.53 Å². The molecule has 0 N–H and O–H groups in total. The summed E-state index contributed by atoms with van der Waals surface area (Å²) in [6, 6.07) is 9.56. The van der Waals surface area contributed by atoms with E-state index in [0.29, 0.717) is 12.3 Å². The third-order valence-corrected chi connectivity index (χ3v) is 2.19.